The fraction of sp³-hybridized carbons (Fsp3) is 0.222. The van der Waals surface area contributed by atoms with E-state index in [1.165, 1.54) is 6.33 Å². The second-order valence-corrected chi connectivity index (χ2v) is 3.17. The molecular weight excluding hydrogens is 222 g/mol. The zero-order chi connectivity index (χ0) is 12.1. The minimum atomic E-state index is -0.309. The van der Waals surface area contributed by atoms with Crippen molar-refractivity contribution in [1.29, 1.82) is 0 Å². The molecule has 0 bridgehead atoms. The molecule has 1 amide bonds. The van der Waals surface area contributed by atoms with Crippen LogP contribution in [0.25, 0.3) is 0 Å². The van der Waals surface area contributed by atoms with Gasteiger partial charge < -0.3 is 10.6 Å². The van der Waals surface area contributed by atoms with Gasteiger partial charge >= 0.3 is 0 Å². The summed E-state index contributed by atoms with van der Waals surface area (Å²) in [5.41, 5.74) is 0.253. The standard InChI is InChI=1S/C9H11N7O/c1-10-7-3-2-6(14-16-7)9(17)11-4-8-12-5-13-15-8/h2-3,5H,4H2,1H3,(H,10,16)(H,11,17)(H,12,13,15). The minimum Gasteiger partial charge on any atom is -0.372 e. The van der Waals surface area contributed by atoms with Crippen LogP contribution in [-0.2, 0) is 6.54 Å². The van der Waals surface area contributed by atoms with E-state index in [0.29, 0.717) is 11.6 Å². The lowest BCUT2D eigenvalue weighted by atomic mass is 10.3. The molecule has 8 heteroatoms. The number of rotatable bonds is 4. The van der Waals surface area contributed by atoms with Gasteiger partial charge in [-0.15, -0.1) is 10.2 Å². The van der Waals surface area contributed by atoms with Crippen LogP contribution in [0.1, 0.15) is 16.3 Å². The summed E-state index contributed by atoms with van der Waals surface area (Å²) < 4.78 is 0. The maximum Gasteiger partial charge on any atom is 0.272 e. The van der Waals surface area contributed by atoms with Gasteiger partial charge in [0.05, 0.1) is 6.54 Å². The molecule has 0 fully saturated rings. The molecule has 2 rings (SSSR count). The number of hydrogen-bond donors (Lipinski definition) is 3. The van der Waals surface area contributed by atoms with Crippen LogP contribution in [0.5, 0.6) is 0 Å². The summed E-state index contributed by atoms with van der Waals surface area (Å²) in [5, 5.41) is 19.4. The normalized spacial score (nSPS) is 9.94. The number of aromatic amines is 1. The Kier molecular flexibility index (Phi) is 3.24. The smallest absolute Gasteiger partial charge is 0.272 e. The Morgan fingerprint density at radius 3 is 2.88 bits per heavy atom. The van der Waals surface area contributed by atoms with Crippen LogP contribution in [0.4, 0.5) is 5.82 Å². The Morgan fingerprint density at radius 1 is 1.41 bits per heavy atom. The molecule has 0 atom stereocenters. The van der Waals surface area contributed by atoms with E-state index in [1.807, 2.05) is 0 Å². The summed E-state index contributed by atoms with van der Waals surface area (Å²) in [6.45, 7) is 0.272. The third-order valence-electron chi connectivity index (χ3n) is 2.03. The Balaban J connectivity index is 1.95. The van der Waals surface area contributed by atoms with Gasteiger partial charge in [0.25, 0.3) is 5.91 Å². The van der Waals surface area contributed by atoms with Crippen LogP contribution in [0, 0.1) is 0 Å². The molecule has 2 heterocycles. The summed E-state index contributed by atoms with van der Waals surface area (Å²) in [5.74, 6) is 0.881. The molecule has 0 saturated carbocycles. The maximum absolute atomic E-state index is 11.6. The molecule has 0 unspecified atom stereocenters. The second-order valence-electron chi connectivity index (χ2n) is 3.17. The predicted octanol–water partition coefficient (Wildman–Crippen LogP) is -0.434. The highest BCUT2D eigenvalue weighted by molar-refractivity contribution is 5.92. The molecule has 0 aliphatic heterocycles. The first-order chi connectivity index (χ1) is 8.29. The highest BCUT2D eigenvalue weighted by atomic mass is 16.1. The van der Waals surface area contributed by atoms with Gasteiger partial charge in [-0.3, -0.25) is 9.89 Å². The second kappa shape index (κ2) is 5.01. The van der Waals surface area contributed by atoms with Crippen LogP contribution in [0.3, 0.4) is 0 Å². The molecule has 2 aromatic rings. The zero-order valence-electron chi connectivity index (χ0n) is 9.14. The highest BCUT2D eigenvalue weighted by Crippen LogP contribution is 2.00. The zero-order valence-corrected chi connectivity index (χ0v) is 9.14. The Bertz CT molecular complexity index is 479. The third-order valence-corrected chi connectivity index (χ3v) is 2.03. The first-order valence-corrected chi connectivity index (χ1v) is 4.93. The average molecular weight is 233 g/mol. The number of nitrogens with zero attached hydrogens (tertiary/aromatic N) is 4. The predicted molar refractivity (Wildman–Crippen MR) is 59.1 cm³/mol. The molecule has 0 spiro atoms. The van der Waals surface area contributed by atoms with Gasteiger partial charge in [-0.2, -0.15) is 5.10 Å². The van der Waals surface area contributed by atoms with E-state index in [2.05, 4.69) is 36.0 Å². The number of H-pyrrole nitrogens is 1. The van der Waals surface area contributed by atoms with E-state index in [0.717, 1.165) is 0 Å². The summed E-state index contributed by atoms with van der Waals surface area (Å²) in [6.07, 6.45) is 1.38. The first kappa shape index (κ1) is 11.0. The number of aromatic nitrogens is 5. The number of nitrogens with one attached hydrogen (secondary N) is 3. The molecule has 88 valence electrons. The van der Waals surface area contributed by atoms with Crippen LogP contribution in [0.2, 0.25) is 0 Å². The molecule has 17 heavy (non-hydrogen) atoms. The number of hydrogen-bond acceptors (Lipinski definition) is 6. The van der Waals surface area contributed by atoms with E-state index in [4.69, 9.17) is 0 Å². The largest absolute Gasteiger partial charge is 0.372 e. The monoisotopic (exact) mass is 233 g/mol. The lowest BCUT2D eigenvalue weighted by Crippen LogP contribution is -2.24. The van der Waals surface area contributed by atoms with Gasteiger partial charge in [-0.1, -0.05) is 0 Å². The number of amides is 1. The molecule has 2 aromatic heterocycles. The summed E-state index contributed by atoms with van der Waals surface area (Å²) in [4.78, 5) is 15.5. The Labute approximate surface area is 96.9 Å². The van der Waals surface area contributed by atoms with Gasteiger partial charge in [-0.25, -0.2) is 4.98 Å². The quantitative estimate of drug-likeness (QED) is 0.661. The van der Waals surface area contributed by atoms with Crippen molar-refractivity contribution in [3.8, 4) is 0 Å². The SMILES string of the molecule is CNc1ccc(C(=O)NCc2ncn[nH]2)nn1. The van der Waals surface area contributed by atoms with Crippen molar-refractivity contribution in [2.45, 2.75) is 6.54 Å². The lowest BCUT2D eigenvalue weighted by Gasteiger charge is -2.02. The molecule has 0 aliphatic rings. The molecule has 0 aliphatic carbocycles. The summed E-state index contributed by atoms with van der Waals surface area (Å²) in [7, 11) is 1.73. The van der Waals surface area contributed by atoms with Gasteiger partial charge in [-0.05, 0) is 12.1 Å². The van der Waals surface area contributed by atoms with Gasteiger partial charge in [0, 0.05) is 7.05 Å². The highest BCUT2D eigenvalue weighted by Gasteiger charge is 2.08. The number of carbonyl (C=O) groups excluding carboxylic acids is 1. The van der Waals surface area contributed by atoms with Crippen LogP contribution in [-0.4, -0.2) is 38.3 Å². The molecular formula is C9H11N7O. The minimum absolute atomic E-state index is 0.253. The van der Waals surface area contributed by atoms with Crippen molar-refractivity contribution in [2.75, 3.05) is 12.4 Å². The summed E-state index contributed by atoms with van der Waals surface area (Å²) in [6, 6.07) is 3.27. The van der Waals surface area contributed by atoms with E-state index in [1.54, 1.807) is 19.2 Å². The van der Waals surface area contributed by atoms with Crippen LogP contribution < -0.4 is 10.6 Å². The van der Waals surface area contributed by atoms with Gasteiger partial charge in [0.1, 0.15) is 18.0 Å². The third kappa shape index (κ3) is 2.74. The van der Waals surface area contributed by atoms with E-state index < -0.39 is 0 Å². The van der Waals surface area contributed by atoms with Crippen molar-refractivity contribution in [3.05, 3.63) is 30.0 Å². The van der Waals surface area contributed by atoms with E-state index >= 15 is 0 Å². The Hall–Kier alpha value is -2.51. The fourth-order valence-corrected chi connectivity index (χ4v) is 1.16. The van der Waals surface area contributed by atoms with Gasteiger partial charge in [0.2, 0.25) is 0 Å². The van der Waals surface area contributed by atoms with Crippen molar-refractivity contribution < 1.29 is 4.79 Å². The number of carbonyl (C=O) groups is 1. The van der Waals surface area contributed by atoms with Crippen LogP contribution >= 0.6 is 0 Å². The lowest BCUT2D eigenvalue weighted by molar-refractivity contribution is 0.0944. The fourth-order valence-electron chi connectivity index (χ4n) is 1.16. The molecule has 0 saturated heterocycles. The van der Waals surface area contributed by atoms with Crippen LogP contribution in [0.15, 0.2) is 18.5 Å². The average Bonchev–Trinajstić information content (AvgIpc) is 2.89. The topological polar surface area (TPSA) is 108 Å². The molecule has 8 nitrogen and oxygen atoms in total. The molecule has 3 N–H and O–H groups in total. The van der Waals surface area contributed by atoms with E-state index in [9.17, 15) is 4.79 Å². The molecule has 0 radical (unpaired) electrons. The van der Waals surface area contributed by atoms with Crippen molar-refractivity contribution in [1.82, 2.24) is 30.7 Å². The van der Waals surface area contributed by atoms with E-state index in [-0.39, 0.29) is 18.1 Å². The maximum atomic E-state index is 11.6. The van der Waals surface area contributed by atoms with Crippen molar-refractivity contribution >= 4 is 11.7 Å². The summed E-state index contributed by atoms with van der Waals surface area (Å²) >= 11 is 0. The molecule has 0 aromatic carbocycles. The van der Waals surface area contributed by atoms with Crippen molar-refractivity contribution in [2.24, 2.45) is 0 Å². The van der Waals surface area contributed by atoms with Crippen molar-refractivity contribution in [3.63, 3.8) is 0 Å². The Morgan fingerprint density at radius 2 is 2.29 bits per heavy atom. The van der Waals surface area contributed by atoms with Gasteiger partial charge in [0.15, 0.2) is 5.69 Å². The first-order valence-electron chi connectivity index (χ1n) is 4.93. The number of anilines is 1.